The maximum absolute atomic E-state index is 3.31. The Labute approximate surface area is 86.5 Å². The van der Waals surface area contributed by atoms with Crippen LogP contribution in [0.15, 0.2) is 30.3 Å². The van der Waals surface area contributed by atoms with Crippen molar-refractivity contribution >= 4 is 0 Å². The minimum atomic E-state index is 0.551. The highest BCUT2D eigenvalue weighted by atomic mass is 14.8. The molecule has 0 spiro atoms. The Morgan fingerprint density at radius 3 is 2.64 bits per heavy atom. The molecular formula is C13H17N. The summed E-state index contributed by atoms with van der Waals surface area (Å²) in [4.78, 5) is 0. The molecule has 1 aromatic rings. The van der Waals surface area contributed by atoms with Gasteiger partial charge in [-0.05, 0) is 18.4 Å². The summed E-state index contributed by atoms with van der Waals surface area (Å²) in [5, 5.41) is 3.31. The molecule has 0 amide bonds. The van der Waals surface area contributed by atoms with E-state index in [2.05, 4.69) is 48.3 Å². The highest BCUT2D eigenvalue weighted by Crippen LogP contribution is 2.12. The van der Waals surface area contributed by atoms with Crippen LogP contribution in [0, 0.1) is 11.8 Å². The Kier molecular flexibility index (Phi) is 4.82. The van der Waals surface area contributed by atoms with E-state index in [0.717, 1.165) is 13.1 Å². The van der Waals surface area contributed by atoms with E-state index < -0.39 is 0 Å². The van der Waals surface area contributed by atoms with E-state index in [4.69, 9.17) is 0 Å². The van der Waals surface area contributed by atoms with Gasteiger partial charge >= 0.3 is 0 Å². The molecule has 0 saturated heterocycles. The lowest BCUT2D eigenvalue weighted by Crippen LogP contribution is -2.20. The monoisotopic (exact) mass is 187 g/mol. The summed E-state index contributed by atoms with van der Waals surface area (Å²) in [5.41, 5.74) is 1.38. The molecule has 1 nitrogen and oxygen atoms in total. The van der Waals surface area contributed by atoms with Gasteiger partial charge in [-0.15, -0.1) is 5.92 Å². The highest BCUT2D eigenvalue weighted by molar-refractivity contribution is 5.19. The fourth-order valence-corrected chi connectivity index (χ4v) is 1.34. The second kappa shape index (κ2) is 6.23. The average molecular weight is 187 g/mol. The zero-order chi connectivity index (χ0) is 10.2. The van der Waals surface area contributed by atoms with Crippen LogP contribution in [0.5, 0.6) is 0 Å². The molecule has 74 valence electrons. The first kappa shape index (κ1) is 10.8. The van der Waals surface area contributed by atoms with Crippen LogP contribution in [-0.2, 0) is 0 Å². The van der Waals surface area contributed by atoms with Crippen LogP contribution in [-0.4, -0.2) is 13.1 Å². The van der Waals surface area contributed by atoms with Crippen molar-refractivity contribution in [1.82, 2.24) is 5.32 Å². The van der Waals surface area contributed by atoms with Gasteiger partial charge in [0.2, 0.25) is 0 Å². The van der Waals surface area contributed by atoms with Crippen molar-refractivity contribution in [1.29, 1.82) is 0 Å². The summed E-state index contributed by atoms with van der Waals surface area (Å²) in [6.45, 7) is 5.86. The van der Waals surface area contributed by atoms with Crippen molar-refractivity contribution < 1.29 is 0 Å². The lowest BCUT2D eigenvalue weighted by molar-refractivity contribution is 0.656. The molecule has 0 aliphatic carbocycles. The topological polar surface area (TPSA) is 12.0 Å². The Bertz CT molecular complexity index is 305. The van der Waals surface area contributed by atoms with Crippen LogP contribution >= 0.6 is 0 Å². The van der Waals surface area contributed by atoms with Gasteiger partial charge in [-0.2, -0.15) is 0 Å². The van der Waals surface area contributed by atoms with Crippen molar-refractivity contribution in [2.75, 3.05) is 13.1 Å². The molecule has 0 aliphatic heterocycles. The van der Waals surface area contributed by atoms with Crippen molar-refractivity contribution in [2.45, 2.75) is 19.8 Å². The van der Waals surface area contributed by atoms with E-state index in [1.165, 1.54) is 5.56 Å². The van der Waals surface area contributed by atoms with Crippen LogP contribution in [0.2, 0.25) is 0 Å². The average Bonchev–Trinajstić information content (AvgIpc) is 2.25. The summed E-state index contributed by atoms with van der Waals surface area (Å²) in [5.74, 6) is 6.41. The van der Waals surface area contributed by atoms with E-state index in [-0.39, 0.29) is 0 Å². The van der Waals surface area contributed by atoms with E-state index in [1.54, 1.807) is 0 Å². The molecule has 1 unspecified atom stereocenters. The van der Waals surface area contributed by atoms with Gasteiger partial charge in [-0.3, -0.25) is 0 Å². The zero-order valence-electron chi connectivity index (χ0n) is 8.88. The number of rotatable bonds is 4. The molecule has 0 radical (unpaired) electrons. The zero-order valence-corrected chi connectivity index (χ0v) is 8.88. The third-order valence-corrected chi connectivity index (χ3v) is 2.21. The SMILES string of the molecule is CC#CCNCC(C)c1ccccc1. The number of nitrogens with one attached hydrogen (secondary N) is 1. The molecule has 0 aliphatic rings. The third-order valence-electron chi connectivity index (χ3n) is 2.21. The molecule has 0 fully saturated rings. The van der Waals surface area contributed by atoms with Crippen LogP contribution in [0.3, 0.4) is 0 Å². The van der Waals surface area contributed by atoms with E-state index in [0.29, 0.717) is 5.92 Å². The maximum Gasteiger partial charge on any atom is 0.0576 e. The van der Waals surface area contributed by atoms with Gasteiger partial charge in [-0.1, -0.05) is 43.2 Å². The molecule has 0 saturated carbocycles. The summed E-state index contributed by atoms with van der Waals surface area (Å²) in [6, 6.07) is 10.5. The second-order valence-electron chi connectivity index (χ2n) is 3.37. The van der Waals surface area contributed by atoms with Gasteiger partial charge < -0.3 is 5.32 Å². The Balaban J connectivity index is 2.34. The van der Waals surface area contributed by atoms with Crippen molar-refractivity contribution in [3.63, 3.8) is 0 Å². The summed E-state index contributed by atoms with van der Waals surface area (Å²) in [7, 11) is 0. The van der Waals surface area contributed by atoms with Crippen LogP contribution < -0.4 is 5.32 Å². The maximum atomic E-state index is 3.31. The normalized spacial score (nSPS) is 11.6. The summed E-state index contributed by atoms with van der Waals surface area (Å²) >= 11 is 0. The van der Waals surface area contributed by atoms with Crippen LogP contribution in [0.25, 0.3) is 0 Å². The molecule has 0 bridgehead atoms. The highest BCUT2D eigenvalue weighted by Gasteiger charge is 2.02. The Morgan fingerprint density at radius 1 is 1.29 bits per heavy atom. The summed E-state index contributed by atoms with van der Waals surface area (Å²) < 4.78 is 0. The largest absolute Gasteiger partial charge is 0.306 e. The lowest BCUT2D eigenvalue weighted by Gasteiger charge is -2.11. The lowest BCUT2D eigenvalue weighted by atomic mass is 10.0. The number of benzene rings is 1. The van der Waals surface area contributed by atoms with E-state index in [1.807, 2.05) is 13.0 Å². The van der Waals surface area contributed by atoms with E-state index >= 15 is 0 Å². The molecular weight excluding hydrogens is 170 g/mol. The molecule has 0 heterocycles. The standard InChI is InChI=1S/C13H17N/c1-3-4-10-14-11-12(2)13-8-6-5-7-9-13/h5-9,12,14H,10-11H2,1-2H3. The molecule has 1 aromatic carbocycles. The van der Waals surface area contributed by atoms with Gasteiger partial charge in [0.25, 0.3) is 0 Å². The summed E-state index contributed by atoms with van der Waals surface area (Å²) in [6.07, 6.45) is 0. The van der Waals surface area contributed by atoms with Crippen molar-refractivity contribution in [2.24, 2.45) is 0 Å². The first-order valence-electron chi connectivity index (χ1n) is 5.00. The predicted octanol–water partition coefficient (Wildman–Crippen LogP) is 2.40. The first-order valence-corrected chi connectivity index (χ1v) is 5.00. The number of hydrogen-bond donors (Lipinski definition) is 1. The smallest absolute Gasteiger partial charge is 0.0576 e. The van der Waals surface area contributed by atoms with E-state index in [9.17, 15) is 0 Å². The Hall–Kier alpha value is -1.26. The minimum absolute atomic E-state index is 0.551. The molecule has 0 aromatic heterocycles. The van der Waals surface area contributed by atoms with Gasteiger partial charge in [0.15, 0.2) is 0 Å². The fraction of sp³-hybridized carbons (Fsp3) is 0.385. The Morgan fingerprint density at radius 2 is 2.00 bits per heavy atom. The number of hydrogen-bond acceptors (Lipinski definition) is 1. The van der Waals surface area contributed by atoms with Crippen molar-refractivity contribution in [3.05, 3.63) is 35.9 Å². The van der Waals surface area contributed by atoms with Gasteiger partial charge in [0, 0.05) is 6.54 Å². The van der Waals surface area contributed by atoms with Gasteiger partial charge in [0.05, 0.1) is 6.54 Å². The van der Waals surface area contributed by atoms with Crippen LogP contribution in [0.1, 0.15) is 25.3 Å². The minimum Gasteiger partial charge on any atom is -0.306 e. The van der Waals surface area contributed by atoms with Gasteiger partial charge in [-0.25, -0.2) is 0 Å². The van der Waals surface area contributed by atoms with Gasteiger partial charge in [0.1, 0.15) is 0 Å². The fourth-order valence-electron chi connectivity index (χ4n) is 1.34. The molecule has 1 rings (SSSR count). The molecule has 14 heavy (non-hydrogen) atoms. The third kappa shape index (κ3) is 3.64. The first-order chi connectivity index (χ1) is 6.84. The van der Waals surface area contributed by atoms with Crippen molar-refractivity contribution in [3.8, 4) is 11.8 Å². The quantitative estimate of drug-likeness (QED) is 0.564. The second-order valence-corrected chi connectivity index (χ2v) is 3.37. The molecule has 1 N–H and O–H groups in total. The predicted molar refractivity (Wildman–Crippen MR) is 61.2 cm³/mol. The molecule has 1 heteroatoms. The molecule has 1 atom stereocenters. The van der Waals surface area contributed by atoms with Crippen LogP contribution in [0.4, 0.5) is 0 Å².